The van der Waals surface area contributed by atoms with Crippen molar-refractivity contribution in [3.05, 3.63) is 47.9 Å². The molecule has 6 heteroatoms. The maximum atomic E-state index is 13.0. The summed E-state index contributed by atoms with van der Waals surface area (Å²) in [7, 11) is 0. The molecule has 1 heterocycles. The van der Waals surface area contributed by atoms with E-state index >= 15 is 0 Å². The number of carbonyl (C=O) groups excluding carboxylic acids is 1. The Bertz CT molecular complexity index is 712. The van der Waals surface area contributed by atoms with E-state index in [9.17, 15) is 14.3 Å². The van der Waals surface area contributed by atoms with Crippen molar-refractivity contribution in [2.45, 2.75) is 13.0 Å². The fourth-order valence-electron chi connectivity index (χ4n) is 1.83. The molecular formula is C15H11FN3O2-. The van der Waals surface area contributed by atoms with E-state index in [1.807, 2.05) is 6.07 Å². The molecule has 0 amide bonds. The van der Waals surface area contributed by atoms with Crippen LogP contribution in [0.2, 0.25) is 0 Å². The number of rotatable bonds is 5. The van der Waals surface area contributed by atoms with E-state index < -0.39 is 5.97 Å². The molecule has 0 atom stereocenters. The first-order valence-electron chi connectivity index (χ1n) is 6.19. The number of halogens is 1. The summed E-state index contributed by atoms with van der Waals surface area (Å²) in [5.41, 5.74) is 1.74. The summed E-state index contributed by atoms with van der Waals surface area (Å²) in [6, 6.07) is 7.73. The molecule has 0 saturated heterocycles. The molecule has 2 aromatic rings. The predicted molar refractivity (Wildman–Crippen MR) is 71.9 cm³/mol. The molecule has 1 aromatic carbocycles. The zero-order chi connectivity index (χ0) is 15.2. The largest absolute Gasteiger partial charge is 0.545 e. The van der Waals surface area contributed by atoms with Crippen LogP contribution in [0.4, 0.5) is 4.39 Å². The molecule has 0 aliphatic heterocycles. The second-order valence-corrected chi connectivity index (χ2v) is 4.26. The monoisotopic (exact) mass is 284 g/mol. The number of carbonyl (C=O) groups is 1. The minimum Gasteiger partial charge on any atom is -0.545 e. The van der Waals surface area contributed by atoms with Gasteiger partial charge in [0.2, 0.25) is 0 Å². The Kier molecular flexibility index (Phi) is 4.46. The van der Waals surface area contributed by atoms with Gasteiger partial charge in [-0.1, -0.05) is 0 Å². The van der Waals surface area contributed by atoms with E-state index in [2.05, 4.69) is 5.10 Å². The molecule has 0 bridgehead atoms. The van der Waals surface area contributed by atoms with Gasteiger partial charge in [-0.15, -0.1) is 0 Å². The van der Waals surface area contributed by atoms with Crippen LogP contribution >= 0.6 is 0 Å². The van der Waals surface area contributed by atoms with Gasteiger partial charge in [-0.05, 0) is 36.4 Å². The van der Waals surface area contributed by atoms with Gasteiger partial charge in [0.1, 0.15) is 5.82 Å². The average Bonchev–Trinajstić information content (AvgIpc) is 2.87. The lowest BCUT2D eigenvalue weighted by molar-refractivity contribution is -0.297. The van der Waals surface area contributed by atoms with Crippen LogP contribution in [0.15, 0.2) is 36.5 Å². The molecule has 5 nitrogen and oxygen atoms in total. The van der Waals surface area contributed by atoms with E-state index in [1.165, 1.54) is 18.2 Å². The van der Waals surface area contributed by atoms with Crippen molar-refractivity contribution in [1.82, 2.24) is 9.78 Å². The van der Waals surface area contributed by atoms with Crippen LogP contribution in [0.3, 0.4) is 0 Å². The van der Waals surface area contributed by atoms with Gasteiger partial charge in [0.15, 0.2) is 0 Å². The van der Waals surface area contributed by atoms with Crippen LogP contribution in [0.5, 0.6) is 0 Å². The van der Waals surface area contributed by atoms with Gasteiger partial charge >= 0.3 is 0 Å². The maximum absolute atomic E-state index is 13.0. The Hall–Kier alpha value is -2.94. The number of hydrogen-bond acceptors (Lipinski definition) is 4. The molecule has 0 aliphatic carbocycles. The van der Waals surface area contributed by atoms with Crippen LogP contribution in [-0.2, 0) is 11.3 Å². The van der Waals surface area contributed by atoms with Crippen LogP contribution in [0.25, 0.3) is 17.3 Å². The molecule has 0 saturated carbocycles. The first-order valence-corrected chi connectivity index (χ1v) is 6.19. The summed E-state index contributed by atoms with van der Waals surface area (Å²) < 4.78 is 14.5. The SMILES string of the molecule is N#CCCn1cc(C=CC(=O)[O-])c(-c2ccc(F)cc2)n1. The van der Waals surface area contributed by atoms with Gasteiger partial charge in [-0.2, -0.15) is 10.4 Å². The van der Waals surface area contributed by atoms with E-state index in [1.54, 1.807) is 23.0 Å². The highest BCUT2D eigenvalue weighted by molar-refractivity contribution is 5.85. The number of benzene rings is 1. The average molecular weight is 284 g/mol. The first-order chi connectivity index (χ1) is 10.1. The highest BCUT2D eigenvalue weighted by Crippen LogP contribution is 2.23. The molecule has 1 aromatic heterocycles. The third kappa shape index (κ3) is 3.76. The van der Waals surface area contributed by atoms with Crippen molar-refractivity contribution in [3.8, 4) is 17.3 Å². The van der Waals surface area contributed by atoms with E-state index in [0.717, 1.165) is 6.08 Å². The fourth-order valence-corrected chi connectivity index (χ4v) is 1.83. The topological polar surface area (TPSA) is 81.7 Å². The number of carboxylic acid groups (broad SMARTS) is 1. The fraction of sp³-hybridized carbons (Fsp3) is 0.133. The minimum atomic E-state index is -1.31. The molecule has 106 valence electrons. The second kappa shape index (κ2) is 6.48. The normalized spacial score (nSPS) is 10.7. The second-order valence-electron chi connectivity index (χ2n) is 4.26. The highest BCUT2D eigenvalue weighted by Gasteiger charge is 2.09. The van der Waals surface area contributed by atoms with Crippen molar-refractivity contribution < 1.29 is 14.3 Å². The van der Waals surface area contributed by atoms with Crippen LogP contribution in [0.1, 0.15) is 12.0 Å². The summed E-state index contributed by atoms with van der Waals surface area (Å²) in [6.45, 7) is 0.393. The number of aryl methyl sites for hydroxylation is 1. The van der Waals surface area contributed by atoms with Crippen molar-refractivity contribution in [1.29, 1.82) is 5.26 Å². The Labute approximate surface area is 120 Å². The summed E-state index contributed by atoms with van der Waals surface area (Å²) >= 11 is 0. The van der Waals surface area contributed by atoms with Gasteiger partial charge in [-0.25, -0.2) is 4.39 Å². The van der Waals surface area contributed by atoms with Crippen LogP contribution in [-0.4, -0.2) is 15.7 Å². The lowest BCUT2D eigenvalue weighted by Gasteiger charge is -1.99. The lowest BCUT2D eigenvalue weighted by atomic mass is 10.1. The van der Waals surface area contributed by atoms with E-state index in [4.69, 9.17) is 5.26 Å². The molecule has 0 aliphatic rings. The molecule has 0 unspecified atom stereocenters. The first kappa shape index (κ1) is 14.5. The third-order valence-corrected chi connectivity index (χ3v) is 2.76. The molecule has 0 spiro atoms. The van der Waals surface area contributed by atoms with Gasteiger partial charge in [0.25, 0.3) is 0 Å². The summed E-state index contributed by atoms with van der Waals surface area (Å²) in [5.74, 6) is -1.68. The van der Waals surface area contributed by atoms with Crippen LogP contribution < -0.4 is 5.11 Å². The summed E-state index contributed by atoms with van der Waals surface area (Å²) in [4.78, 5) is 10.5. The molecule has 0 N–H and O–H groups in total. The van der Waals surface area contributed by atoms with Crippen molar-refractivity contribution in [2.75, 3.05) is 0 Å². The zero-order valence-electron chi connectivity index (χ0n) is 11.0. The quantitative estimate of drug-likeness (QED) is 0.776. The summed E-state index contributed by atoms with van der Waals surface area (Å²) in [5, 5.41) is 23.4. The van der Waals surface area contributed by atoms with E-state index in [0.29, 0.717) is 23.4 Å². The predicted octanol–water partition coefficient (Wildman–Crippen LogP) is 1.37. The van der Waals surface area contributed by atoms with Gasteiger partial charge in [0.05, 0.1) is 30.7 Å². The smallest absolute Gasteiger partial charge is 0.123 e. The Balaban J connectivity index is 2.41. The molecular weight excluding hydrogens is 273 g/mol. The van der Waals surface area contributed by atoms with Gasteiger partial charge in [-0.3, -0.25) is 4.68 Å². The minimum absolute atomic E-state index is 0.286. The number of hydrogen-bond donors (Lipinski definition) is 0. The number of carboxylic acids is 1. The molecule has 2 rings (SSSR count). The zero-order valence-corrected chi connectivity index (χ0v) is 11.0. The van der Waals surface area contributed by atoms with Crippen molar-refractivity contribution >= 4 is 12.0 Å². The Morgan fingerprint density at radius 2 is 2.14 bits per heavy atom. The maximum Gasteiger partial charge on any atom is 0.123 e. The Morgan fingerprint density at radius 3 is 2.76 bits per heavy atom. The van der Waals surface area contributed by atoms with Crippen molar-refractivity contribution in [2.24, 2.45) is 0 Å². The van der Waals surface area contributed by atoms with Crippen LogP contribution in [0, 0.1) is 17.1 Å². The number of nitriles is 1. The van der Waals surface area contributed by atoms with Gasteiger partial charge in [0, 0.05) is 17.3 Å². The number of aliphatic carboxylic acids is 1. The molecule has 0 radical (unpaired) electrons. The molecule has 21 heavy (non-hydrogen) atoms. The third-order valence-electron chi connectivity index (χ3n) is 2.76. The van der Waals surface area contributed by atoms with Crippen molar-refractivity contribution in [3.63, 3.8) is 0 Å². The standard InChI is InChI=1S/C15H12FN3O2/c16-13-5-2-11(3-6-13)15-12(4-7-14(20)21)10-19(18-15)9-1-8-17/h2-7,10H,1,9H2,(H,20,21)/p-1. The lowest BCUT2D eigenvalue weighted by Crippen LogP contribution is -2.18. The number of aromatic nitrogens is 2. The molecule has 0 fully saturated rings. The highest BCUT2D eigenvalue weighted by atomic mass is 19.1. The van der Waals surface area contributed by atoms with E-state index in [-0.39, 0.29) is 12.2 Å². The summed E-state index contributed by atoms with van der Waals surface area (Å²) in [6.07, 6.45) is 4.19. The number of nitrogens with zero attached hydrogens (tertiary/aromatic N) is 3. The van der Waals surface area contributed by atoms with Gasteiger partial charge < -0.3 is 9.90 Å². The Morgan fingerprint density at radius 1 is 1.43 bits per heavy atom.